The number of nitrogens with zero attached hydrogens (tertiary/aromatic N) is 1. The molecular formula is C17H17F2NO. The number of halogens is 2. The Morgan fingerprint density at radius 3 is 2.76 bits per heavy atom. The van der Waals surface area contributed by atoms with Crippen LogP contribution in [0.25, 0.3) is 0 Å². The van der Waals surface area contributed by atoms with E-state index in [1.165, 1.54) is 23.4 Å². The van der Waals surface area contributed by atoms with Crippen LogP contribution in [0.3, 0.4) is 0 Å². The van der Waals surface area contributed by atoms with Crippen molar-refractivity contribution in [3.63, 3.8) is 0 Å². The first-order chi connectivity index (χ1) is 10.2. The van der Waals surface area contributed by atoms with Gasteiger partial charge in [-0.25, -0.2) is 8.78 Å². The molecule has 2 aromatic rings. The van der Waals surface area contributed by atoms with Crippen LogP contribution in [0, 0.1) is 11.6 Å². The summed E-state index contributed by atoms with van der Waals surface area (Å²) in [6.07, 6.45) is 0.364. The third-order valence-corrected chi connectivity index (χ3v) is 4.00. The van der Waals surface area contributed by atoms with Gasteiger partial charge in [-0.05, 0) is 30.5 Å². The van der Waals surface area contributed by atoms with Crippen molar-refractivity contribution < 1.29 is 13.9 Å². The molecule has 1 aliphatic heterocycles. The first kappa shape index (κ1) is 14.0. The number of hydrogen-bond donors (Lipinski definition) is 1. The lowest BCUT2D eigenvalue weighted by Gasteiger charge is -2.21. The molecule has 2 aromatic carbocycles. The highest BCUT2D eigenvalue weighted by atomic mass is 19.2. The fourth-order valence-corrected chi connectivity index (χ4v) is 2.85. The van der Waals surface area contributed by atoms with E-state index in [9.17, 15) is 13.9 Å². The third-order valence-electron chi connectivity index (χ3n) is 4.00. The van der Waals surface area contributed by atoms with Crippen LogP contribution in [0.5, 0.6) is 0 Å². The fraction of sp³-hybridized carbons (Fsp3) is 0.294. The molecule has 4 heteroatoms. The van der Waals surface area contributed by atoms with Crippen LogP contribution < -0.4 is 4.90 Å². The lowest BCUT2D eigenvalue weighted by molar-refractivity contribution is 0.163. The van der Waals surface area contributed by atoms with E-state index in [2.05, 4.69) is 17.0 Å². The number of hydrogen-bond acceptors (Lipinski definition) is 2. The van der Waals surface area contributed by atoms with Crippen molar-refractivity contribution >= 4 is 5.69 Å². The van der Waals surface area contributed by atoms with Gasteiger partial charge >= 0.3 is 0 Å². The molecule has 0 amide bonds. The molecule has 1 N–H and O–H groups in total. The van der Waals surface area contributed by atoms with E-state index in [1.807, 2.05) is 12.1 Å². The number of aliphatic hydroxyl groups excluding tert-OH is 1. The standard InChI is InChI=1S/C17H17F2NO/c18-14-6-3-5-13(17(14)19)16(21)9-11-20-10-8-12-4-1-2-7-15(12)20/h1-7,16,21H,8-11H2. The van der Waals surface area contributed by atoms with E-state index in [1.54, 1.807) is 0 Å². The predicted octanol–water partition coefficient (Wildman–Crippen LogP) is 3.45. The van der Waals surface area contributed by atoms with E-state index in [-0.39, 0.29) is 5.56 Å². The zero-order chi connectivity index (χ0) is 14.8. The summed E-state index contributed by atoms with van der Waals surface area (Å²) in [4.78, 5) is 2.18. The number of aliphatic hydroxyl groups is 1. The third kappa shape index (κ3) is 2.76. The van der Waals surface area contributed by atoms with Crippen LogP contribution in [-0.2, 0) is 6.42 Å². The lowest BCUT2D eigenvalue weighted by Crippen LogP contribution is -2.23. The second-order valence-electron chi connectivity index (χ2n) is 5.31. The fourth-order valence-electron chi connectivity index (χ4n) is 2.85. The molecule has 1 aliphatic rings. The molecule has 1 unspecified atom stereocenters. The van der Waals surface area contributed by atoms with Crippen molar-refractivity contribution in [3.05, 3.63) is 65.2 Å². The number of fused-ring (bicyclic) bond motifs is 1. The van der Waals surface area contributed by atoms with Crippen LogP contribution in [0.1, 0.15) is 23.7 Å². The summed E-state index contributed by atoms with van der Waals surface area (Å²) in [6, 6.07) is 12.1. The topological polar surface area (TPSA) is 23.5 Å². The molecule has 0 spiro atoms. The molecule has 0 aliphatic carbocycles. The molecule has 0 saturated carbocycles. The van der Waals surface area contributed by atoms with Crippen LogP contribution in [-0.4, -0.2) is 18.2 Å². The van der Waals surface area contributed by atoms with Crippen molar-refractivity contribution in [2.75, 3.05) is 18.0 Å². The highest BCUT2D eigenvalue weighted by Gasteiger charge is 2.21. The summed E-state index contributed by atoms with van der Waals surface area (Å²) in [5.41, 5.74) is 2.50. The average molecular weight is 289 g/mol. The highest BCUT2D eigenvalue weighted by molar-refractivity contribution is 5.57. The van der Waals surface area contributed by atoms with Gasteiger partial charge in [-0.2, -0.15) is 0 Å². The second kappa shape index (κ2) is 5.82. The van der Waals surface area contributed by atoms with Gasteiger partial charge in [0.15, 0.2) is 11.6 Å². The summed E-state index contributed by atoms with van der Waals surface area (Å²) in [7, 11) is 0. The van der Waals surface area contributed by atoms with Crippen LogP contribution in [0.4, 0.5) is 14.5 Å². The quantitative estimate of drug-likeness (QED) is 0.932. The minimum absolute atomic E-state index is 0.0301. The Hall–Kier alpha value is -1.94. The SMILES string of the molecule is OC(CCN1CCc2ccccc21)c1cccc(F)c1F. The number of rotatable bonds is 4. The average Bonchev–Trinajstić information content (AvgIpc) is 2.91. The molecular weight excluding hydrogens is 272 g/mol. The Bertz CT molecular complexity index is 644. The van der Waals surface area contributed by atoms with Crippen LogP contribution in [0.2, 0.25) is 0 Å². The van der Waals surface area contributed by atoms with E-state index < -0.39 is 17.7 Å². The zero-order valence-electron chi connectivity index (χ0n) is 11.6. The van der Waals surface area contributed by atoms with Crippen molar-refractivity contribution in [3.8, 4) is 0 Å². The maximum absolute atomic E-state index is 13.6. The zero-order valence-corrected chi connectivity index (χ0v) is 11.6. The van der Waals surface area contributed by atoms with Gasteiger partial charge in [0, 0.05) is 24.3 Å². The maximum atomic E-state index is 13.6. The number of anilines is 1. The van der Waals surface area contributed by atoms with E-state index in [0.29, 0.717) is 13.0 Å². The molecule has 21 heavy (non-hydrogen) atoms. The van der Waals surface area contributed by atoms with E-state index >= 15 is 0 Å². The Labute approximate surface area is 122 Å². The summed E-state index contributed by atoms with van der Waals surface area (Å²) in [6.45, 7) is 1.52. The van der Waals surface area contributed by atoms with E-state index in [4.69, 9.17) is 0 Å². The summed E-state index contributed by atoms with van der Waals surface area (Å²) in [5, 5.41) is 10.1. The number of benzene rings is 2. The molecule has 0 saturated heterocycles. The van der Waals surface area contributed by atoms with Gasteiger partial charge in [-0.15, -0.1) is 0 Å². The molecule has 1 heterocycles. The minimum Gasteiger partial charge on any atom is -0.388 e. The molecule has 110 valence electrons. The Kier molecular flexibility index (Phi) is 3.88. The second-order valence-corrected chi connectivity index (χ2v) is 5.31. The highest BCUT2D eigenvalue weighted by Crippen LogP contribution is 2.29. The van der Waals surface area contributed by atoms with Crippen LogP contribution >= 0.6 is 0 Å². The number of para-hydroxylation sites is 1. The molecule has 0 bridgehead atoms. The molecule has 3 rings (SSSR count). The van der Waals surface area contributed by atoms with Gasteiger partial charge < -0.3 is 10.0 Å². The molecule has 1 atom stereocenters. The first-order valence-electron chi connectivity index (χ1n) is 7.11. The maximum Gasteiger partial charge on any atom is 0.164 e. The van der Waals surface area contributed by atoms with Gasteiger partial charge in [-0.1, -0.05) is 30.3 Å². The Morgan fingerprint density at radius 2 is 1.90 bits per heavy atom. The van der Waals surface area contributed by atoms with Gasteiger partial charge in [0.25, 0.3) is 0 Å². The van der Waals surface area contributed by atoms with E-state index in [0.717, 1.165) is 19.0 Å². The molecule has 0 radical (unpaired) electrons. The molecule has 2 nitrogen and oxygen atoms in total. The first-order valence-corrected chi connectivity index (χ1v) is 7.11. The monoisotopic (exact) mass is 289 g/mol. The summed E-state index contributed by atoms with van der Waals surface area (Å²) < 4.78 is 26.8. The predicted molar refractivity (Wildman–Crippen MR) is 78.3 cm³/mol. The summed E-state index contributed by atoms with van der Waals surface area (Å²) >= 11 is 0. The smallest absolute Gasteiger partial charge is 0.164 e. The molecule has 0 aromatic heterocycles. The van der Waals surface area contributed by atoms with Crippen molar-refractivity contribution in [1.29, 1.82) is 0 Å². The molecule has 0 fully saturated rings. The summed E-state index contributed by atoms with van der Waals surface area (Å²) in [5.74, 6) is -1.87. The lowest BCUT2D eigenvalue weighted by atomic mass is 10.1. The normalized spacial score (nSPS) is 15.1. The van der Waals surface area contributed by atoms with Gasteiger partial charge in [-0.3, -0.25) is 0 Å². The van der Waals surface area contributed by atoms with Gasteiger partial charge in [0.1, 0.15) is 0 Å². The largest absolute Gasteiger partial charge is 0.388 e. The Morgan fingerprint density at radius 1 is 1.10 bits per heavy atom. The van der Waals surface area contributed by atoms with Gasteiger partial charge in [0.05, 0.1) is 6.10 Å². The van der Waals surface area contributed by atoms with Crippen molar-refractivity contribution in [1.82, 2.24) is 0 Å². The Balaban J connectivity index is 1.67. The minimum atomic E-state index is -0.992. The van der Waals surface area contributed by atoms with Crippen molar-refractivity contribution in [2.24, 2.45) is 0 Å². The van der Waals surface area contributed by atoms with Gasteiger partial charge in [0.2, 0.25) is 0 Å². The van der Waals surface area contributed by atoms with Crippen LogP contribution in [0.15, 0.2) is 42.5 Å². The van der Waals surface area contributed by atoms with Crippen molar-refractivity contribution in [2.45, 2.75) is 18.9 Å².